The van der Waals surface area contributed by atoms with Gasteiger partial charge in [0.2, 0.25) is 0 Å². The number of fused-ring (bicyclic) bond motifs is 1. The summed E-state index contributed by atoms with van der Waals surface area (Å²) in [4.78, 5) is 14.6. The SMILES string of the molecule is CN(C)CCn1ccc(NC(=O)c2cccc3ccccc23)n1. The number of anilines is 1. The Morgan fingerprint density at radius 1 is 1.13 bits per heavy atom. The average molecular weight is 308 g/mol. The summed E-state index contributed by atoms with van der Waals surface area (Å²) in [5, 5.41) is 9.26. The number of hydrogen-bond donors (Lipinski definition) is 1. The predicted molar refractivity (Wildman–Crippen MR) is 92.7 cm³/mol. The molecule has 0 unspecified atom stereocenters. The number of nitrogens with zero attached hydrogens (tertiary/aromatic N) is 3. The van der Waals surface area contributed by atoms with Gasteiger partial charge in [-0.2, -0.15) is 5.10 Å². The van der Waals surface area contributed by atoms with Crippen molar-refractivity contribution in [1.82, 2.24) is 14.7 Å². The number of benzene rings is 2. The summed E-state index contributed by atoms with van der Waals surface area (Å²) in [5.74, 6) is 0.432. The maximum absolute atomic E-state index is 12.5. The first-order valence-corrected chi connectivity index (χ1v) is 7.61. The minimum atomic E-state index is -0.139. The highest BCUT2D eigenvalue weighted by molar-refractivity contribution is 6.12. The summed E-state index contributed by atoms with van der Waals surface area (Å²) >= 11 is 0. The Balaban J connectivity index is 1.76. The quantitative estimate of drug-likeness (QED) is 0.788. The highest BCUT2D eigenvalue weighted by Gasteiger charge is 2.11. The van der Waals surface area contributed by atoms with E-state index < -0.39 is 0 Å². The van der Waals surface area contributed by atoms with E-state index in [0.29, 0.717) is 11.4 Å². The summed E-state index contributed by atoms with van der Waals surface area (Å²) in [6, 6.07) is 15.4. The van der Waals surface area contributed by atoms with Crippen LogP contribution in [0.25, 0.3) is 10.8 Å². The minimum absolute atomic E-state index is 0.139. The lowest BCUT2D eigenvalue weighted by molar-refractivity contribution is 0.102. The molecule has 0 spiro atoms. The van der Waals surface area contributed by atoms with Gasteiger partial charge < -0.3 is 10.2 Å². The highest BCUT2D eigenvalue weighted by atomic mass is 16.1. The second kappa shape index (κ2) is 6.62. The smallest absolute Gasteiger partial charge is 0.257 e. The van der Waals surface area contributed by atoms with Crippen molar-refractivity contribution in [1.29, 1.82) is 0 Å². The molecule has 1 heterocycles. The van der Waals surface area contributed by atoms with Crippen molar-refractivity contribution in [2.45, 2.75) is 6.54 Å². The van der Waals surface area contributed by atoms with Crippen LogP contribution in [0.2, 0.25) is 0 Å². The standard InChI is InChI=1S/C18H20N4O/c1-21(2)12-13-22-11-10-17(20-22)19-18(23)16-9-5-7-14-6-3-4-8-15(14)16/h3-11H,12-13H2,1-2H3,(H,19,20,23). The Bertz CT molecular complexity index is 817. The van der Waals surface area contributed by atoms with E-state index in [1.165, 1.54) is 0 Å². The third-order valence-corrected chi connectivity index (χ3v) is 3.69. The first kappa shape index (κ1) is 15.2. The summed E-state index contributed by atoms with van der Waals surface area (Å²) in [6.07, 6.45) is 1.88. The molecule has 1 aromatic heterocycles. The molecule has 1 amide bonds. The number of carbonyl (C=O) groups is 1. The predicted octanol–water partition coefficient (Wildman–Crippen LogP) is 2.85. The molecule has 0 aliphatic heterocycles. The number of hydrogen-bond acceptors (Lipinski definition) is 3. The second-order valence-electron chi connectivity index (χ2n) is 5.75. The van der Waals surface area contributed by atoms with Gasteiger partial charge in [0.1, 0.15) is 0 Å². The molecule has 118 valence electrons. The number of aromatic nitrogens is 2. The maximum Gasteiger partial charge on any atom is 0.257 e. The van der Waals surface area contributed by atoms with Crippen LogP contribution in [-0.4, -0.2) is 41.2 Å². The highest BCUT2D eigenvalue weighted by Crippen LogP contribution is 2.19. The molecule has 0 aliphatic rings. The van der Waals surface area contributed by atoms with Crippen molar-refractivity contribution in [3.63, 3.8) is 0 Å². The largest absolute Gasteiger partial charge is 0.308 e. The van der Waals surface area contributed by atoms with E-state index in [1.54, 1.807) is 0 Å². The number of rotatable bonds is 5. The molecule has 2 aromatic carbocycles. The molecule has 0 saturated heterocycles. The van der Waals surface area contributed by atoms with Crippen molar-refractivity contribution < 1.29 is 4.79 Å². The van der Waals surface area contributed by atoms with E-state index in [2.05, 4.69) is 15.3 Å². The topological polar surface area (TPSA) is 50.2 Å². The fraction of sp³-hybridized carbons (Fsp3) is 0.222. The first-order chi connectivity index (χ1) is 11.1. The van der Waals surface area contributed by atoms with Crippen LogP contribution >= 0.6 is 0 Å². The molecule has 3 aromatic rings. The molecule has 0 aliphatic carbocycles. The van der Waals surface area contributed by atoms with Crippen molar-refractivity contribution in [2.24, 2.45) is 0 Å². The molecular weight excluding hydrogens is 288 g/mol. The Morgan fingerprint density at radius 3 is 2.74 bits per heavy atom. The molecule has 23 heavy (non-hydrogen) atoms. The lowest BCUT2D eigenvalue weighted by Crippen LogP contribution is -2.19. The molecule has 0 bridgehead atoms. The molecule has 0 radical (unpaired) electrons. The Labute approximate surface area is 135 Å². The zero-order valence-electron chi connectivity index (χ0n) is 13.4. The first-order valence-electron chi connectivity index (χ1n) is 7.61. The van der Waals surface area contributed by atoms with Gasteiger partial charge >= 0.3 is 0 Å². The summed E-state index contributed by atoms with van der Waals surface area (Å²) in [7, 11) is 4.04. The Hall–Kier alpha value is -2.66. The second-order valence-corrected chi connectivity index (χ2v) is 5.75. The van der Waals surface area contributed by atoms with Gasteiger partial charge in [-0.05, 0) is 30.9 Å². The Kier molecular flexibility index (Phi) is 4.39. The molecule has 0 fully saturated rings. The van der Waals surface area contributed by atoms with Crippen LogP contribution in [0, 0.1) is 0 Å². The fourth-order valence-corrected chi connectivity index (χ4v) is 2.46. The normalized spacial score (nSPS) is 11.1. The van der Waals surface area contributed by atoms with E-state index in [4.69, 9.17) is 0 Å². The average Bonchev–Trinajstić information content (AvgIpc) is 2.99. The number of amides is 1. The van der Waals surface area contributed by atoms with Crippen molar-refractivity contribution in [3.8, 4) is 0 Å². The lowest BCUT2D eigenvalue weighted by Gasteiger charge is -2.09. The zero-order valence-corrected chi connectivity index (χ0v) is 13.4. The van der Waals surface area contributed by atoms with Gasteiger partial charge in [0, 0.05) is 24.4 Å². The van der Waals surface area contributed by atoms with E-state index in [9.17, 15) is 4.79 Å². The van der Waals surface area contributed by atoms with Crippen molar-refractivity contribution >= 4 is 22.5 Å². The third kappa shape index (κ3) is 3.57. The van der Waals surface area contributed by atoms with Crippen LogP contribution in [0.4, 0.5) is 5.82 Å². The maximum atomic E-state index is 12.5. The van der Waals surface area contributed by atoms with Crippen LogP contribution in [0.3, 0.4) is 0 Å². The number of nitrogens with one attached hydrogen (secondary N) is 1. The third-order valence-electron chi connectivity index (χ3n) is 3.69. The lowest BCUT2D eigenvalue weighted by atomic mass is 10.0. The molecule has 5 heteroatoms. The van der Waals surface area contributed by atoms with Gasteiger partial charge in [-0.15, -0.1) is 0 Å². The zero-order chi connectivity index (χ0) is 16.2. The molecule has 5 nitrogen and oxygen atoms in total. The molecule has 1 N–H and O–H groups in total. The minimum Gasteiger partial charge on any atom is -0.308 e. The van der Waals surface area contributed by atoms with Gasteiger partial charge in [-0.25, -0.2) is 0 Å². The Morgan fingerprint density at radius 2 is 1.91 bits per heavy atom. The van der Waals surface area contributed by atoms with Gasteiger partial charge in [-0.1, -0.05) is 36.4 Å². The van der Waals surface area contributed by atoms with Gasteiger partial charge in [0.25, 0.3) is 5.91 Å². The fourth-order valence-electron chi connectivity index (χ4n) is 2.46. The van der Waals surface area contributed by atoms with Gasteiger partial charge in [-0.3, -0.25) is 9.48 Å². The summed E-state index contributed by atoms with van der Waals surface area (Å²) < 4.78 is 1.83. The number of carbonyl (C=O) groups excluding carboxylic acids is 1. The molecule has 0 atom stereocenters. The van der Waals surface area contributed by atoms with E-state index in [0.717, 1.165) is 23.9 Å². The molecule has 0 saturated carbocycles. The van der Waals surface area contributed by atoms with Crippen LogP contribution in [0.15, 0.2) is 54.7 Å². The van der Waals surface area contributed by atoms with Crippen molar-refractivity contribution in [2.75, 3.05) is 26.0 Å². The van der Waals surface area contributed by atoms with E-state index >= 15 is 0 Å². The van der Waals surface area contributed by atoms with Crippen LogP contribution in [0.1, 0.15) is 10.4 Å². The van der Waals surface area contributed by atoms with Crippen molar-refractivity contribution in [3.05, 3.63) is 60.3 Å². The van der Waals surface area contributed by atoms with Gasteiger partial charge in [0.15, 0.2) is 5.82 Å². The van der Waals surface area contributed by atoms with E-state index in [-0.39, 0.29) is 5.91 Å². The summed E-state index contributed by atoms with van der Waals surface area (Å²) in [6.45, 7) is 1.69. The van der Waals surface area contributed by atoms with E-state index in [1.807, 2.05) is 73.5 Å². The monoisotopic (exact) mass is 308 g/mol. The number of likely N-dealkylation sites (N-methyl/N-ethyl adjacent to an activating group) is 1. The van der Waals surface area contributed by atoms with Gasteiger partial charge in [0.05, 0.1) is 6.54 Å². The summed E-state index contributed by atoms with van der Waals surface area (Å²) in [5.41, 5.74) is 0.658. The van der Waals surface area contributed by atoms with Crippen LogP contribution < -0.4 is 5.32 Å². The molecular formula is C18H20N4O. The van der Waals surface area contributed by atoms with Crippen LogP contribution in [-0.2, 0) is 6.54 Å². The molecule has 3 rings (SSSR count). The van der Waals surface area contributed by atoms with Crippen LogP contribution in [0.5, 0.6) is 0 Å².